The van der Waals surface area contributed by atoms with Crippen LogP contribution in [-0.4, -0.2) is 13.4 Å². The lowest BCUT2D eigenvalue weighted by atomic mass is 10.2. The number of hydrogen-bond donors (Lipinski definition) is 1. The van der Waals surface area contributed by atoms with Gasteiger partial charge in [0.2, 0.25) is 10.0 Å². The van der Waals surface area contributed by atoms with Crippen molar-refractivity contribution < 1.29 is 8.42 Å². The number of nitrogens with one attached hydrogen (secondary N) is 1. The van der Waals surface area contributed by atoms with Gasteiger partial charge in [0.15, 0.2) is 0 Å². The van der Waals surface area contributed by atoms with E-state index in [2.05, 4.69) is 9.71 Å². The molecule has 1 aromatic heterocycles. The first-order valence-corrected chi connectivity index (χ1v) is 7.50. The van der Waals surface area contributed by atoms with Gasteiger partial charge in [-0.2, -0.15) is 0 Å². The summed E-state index contributed by atoms with van der Waals surface area (Å²) < 4.78 is 26.9. The molecule has 6 heteroatoms. The highest BCUT2D eigenvalue weighted by molar-refractivity contribution is 7.89. The molecule has 1 aromatic carbocycles. The van der Waals surface area contributed by atoms with E-state index in [9.17, 15) is 8.42 Å². The molecule has 1 heterocycles. The molecular formula is C13H13ClN2O2S. The van der Waals surface area contributed by atoms with Crippen LogP contribution in [0.3, 0.4) is 0 Å². The summed E-state index contributed by atoms with van der Waals surface area (Å²) in [6, 6.07) is 8.34. The lowest BCUT2D eigenvalue weighted by Crippen LogP contribution is -2.24. The van der Waals surface area contributed by atoms with Gasteiger partial charge in [-0.15, -0.1) is 0 Å². The minimum Gasteiger partial charge on any atom is -0.265 e. The summed E-state index contributed by atoms with van der Waals surface area (Å²) >= 11 is 5.94. The quantitative estimate of drug-likeness (QED) is 0.943. The Balaban J connectivity index is 2.22. The van der Waals surface area contributed by atoms with Gasteiger partial charge in [0.05, 0.1) is 4.90 Å². The zero-order valence-corrected chi connectivity index (χ0v) is 11.9. The molecular weight excluding hydrogens is 284 g/mol. The van der Waals surface area contributed by atoms with Gasteiger partial charge in [-0.05, 0) is 42.3 Å². The highest BCUT2D eigenvalue weighted by Gasteiger charge is 2.17. The predicted molar refractivity (Wildman–Crippen MR) is 74.5 cm³/mol. The van der Waals surface area contributed by atoms with E-state index in [0.29, 0.717) is 10.6 Å². The number of rotatable bonds is 4. The maximum absolute atomic E-state index is 12.2. The first kappa shape index (κ1) is 14.0. The van der Waals surface area contributed by atoms with Gasteiger partial charge in [0.25, 0.3) is 0 Å². The van der Waals surface area contributed by atoms with Gasteiger partial charge in [-0.3, -0.25) is 4.98 Å². The van der Waals surface area contributed by atoms with Crippen molar-refractivity contribution in [2.45, 2.75) is 18.4 Å². The molecule has 0 saturated carbocycles. The minimum atomic E-state index is -3.57. The fourth-order valence-corrected chi connectivity index (χ4v) is 3.15. The Morgan fingerprint density at radius 1 is 1.21 bits per heavy atom. The van der Waals surface area contributed by atoms with Crippen molar-refractivity contribution in [2.75, 3.05) is 0 Å². The minimum absolute atomic E-state index is 0.203. The lowest BCUT2D eigenvalue weighted by molar-refractivity contribution is 0.580. The maximum Gasteiger partial charge on any atom is 0.241 e. The van der Waals surface area contributed by atoms with Gasteiger partial charge in [-0.25, -0.2) is 13.1 Å². The van der Waals surface area contributed by atoms with Crippen LogP contribution in [0.2, 0.25) is 5.02 Å². The number of pyridine rings is 1. The number of nitrogens with zero attached hydrogens (tertiary/aromatic N) is 1. The van der Waals surface area contributed by atoms with Crippen LogP contribution < -0.4 is 4.72 Å². The molecule has 0 unspecified atom stereocenters. The van der Waals surface area contributed by atoms with Gasteiger partial charge < -0.3 is 0 Å². The average Bonchev–Trinajstić information content (AvgIpc) is 2.41. The van der Waals surface area contributed by atoms with Crippen molar-refractivity contribution in [1.29, 1.82) is 0 Å². The number of sulfonamides is 1. The second kappa shape index (κ2) is 5.69. The zero-order valence-electron chi connectivity index (χ0n) is 10.3. The van der Waals surface area contributed by atoms with Crippen molar-refractivity contribution in [3.05, 3.63) is 58.9 Å². The third-order valence-electron chi connectivity index (χ3n) is 2.72. The Kier molecular flexibility index (Phi) is 4.19. The highest BCUT2D eigenvalue weighted by Crippen LogP contribution is 2.22. The molecule has 4 nitrogen and oxygen atoms in total. The molecule has 19 heavy (non-hydrogen) atoms. The normalized spacial score (nSPS) is 11.5. The fraction of sp³-hybridized carbons (Fsp3) is 0.154. The Hall–Kier alpha value is -1.43. The lowest BCUT2D eigenvalue weighted by Gasteiger charge is -2.10. The zero-order chi connectivity index (χ0) is 13.9. The summed E-state index contributed by atoms with van der Waals surface area (Å²) in [7, 11) is -3.57. The Bertz CT molecular complexity index is 672. The van der Waals surface area contributed by atoms with Crippen molar-refractivity contribution >= 4 is 21.6 Å². The van der Waals surface area contributed by atoms with E-state index in [1.807, 2.05) is 0 Å². The molecule has 0 bridgehead atoms. The maximum atomic E-state index is 12.2. The van der Waals surface area contributed by atoms with E-state index in [1.165, 1.54) is 6.07 Å². The molecule has 100 valence electrons. The average molecular weight is 297 g/mol. The molecule has 0 amide bonds. The van der Waals surface area contributed by atoms with Crippen LogP contribution in [0.4, 0.5) is 0 Å². The molecule has 0 radical (unpaired) electrons. The number of aromatic nitrogens is 1. The Morgan fingerprint density at radius 2 is 1.89 bits per heavy atom. The summed E-state index contributed by atoms with van der Waals surface area (Å²) in [5, 5.41) is 0.437. The van der Waals surface area contributed by atoms with E-state index in [-0.39, 0.29) is 11.4 Å². The third kappa shape index (κ3) is 3.32. The smallest absolute Gasteiger partial charge is 0.241 e. The van der Waals surface area contributed by atoms with Crippen LogP contribution in [0, 0.1) is 6.92 Å². The van der Waals surface area contributed by atoms with Crippen LogP contribution in [0.5, 0.6) is 0 Å². The van der Waals surface area contributed by atoms with Crippen LogP contribution in [0.1, 0.15) is 11.1 Å². The molecule has 1 N–H and O–H groups in total. The molecule has 0 aliphatic rings. The van der Waals surface area contributed by atoms with Gasteiger partial charge in [-0.1, -0.05) is 17.7 Å². The molecule has 0 fully saturated rings. The van der Waals surface area contributed by atoms with E-state index < -0.39 is 10.0 Å². The highest BCUT2D eigenvalue weighted by atomic mass is 35.5. The summed E-state index contributed by atoms with van der Waals surface area (Å²) in [4.78, 5) is 4.08. The summed E-state index contributed by atoms with van der Waals surface area (Å²) in [5.74, 6) is 0. The molecule has 0 saturated heterocycles. The van der Waals surface area contributed by atoms with Crippen LogP contribution in [-0.2, 0) is 16.6 Å². The first-order valence-electron chi connectivity index (χ1n) is 5.64. The van der Waals surface area contributed by atoms with E-state index in [0.717, 1.165) is 5.56 Å². The number of benzene rings is 1. The first-order chi connectivity index (χ1) is 9.00. The van der Waals surface area contributed by atoms with E-state index in [4.69, 9.17) is 11.6 Å². The molecule has 0 aliphatic carbocycles. The second-order valence-corrected chi connectivity index (χ2v) is 6.19. The van der Waals surface area contributed by atoms with Crippen LogP contribution in [0.15, 0.2) is 47.6 Å². The monoisotopic (exact) mass is 296 g/mol. The van der Waals surface area contributed by atoms with Gasteiger partial charge in [0.1, 0.15) is 0 Å². The summed E-state index contributed by atoms with van der Waals surface area (Å²) in [6.07, 6.45) is 3.24. The van der Waals surface area contributed by atoms with E-state index >= 15 is 0 Å². The number of hydrogen-bond acceptors (Lipinski definition) is 3. The Labute approximate surface area is 117 Å². The van der Waals surface area contributed by atoms with Crippen molar-refractivity contribution in [3.63, 3.8) is 0 Å². The largest absolute Gasteiger partial charge is 0.265 e. The summed E-state index contributed by atoms with van der Waals surface area (Å²) in [5.41, 5.74) is 1.39. The van der Waals surface area contributed by atoms with E-state index in [1.54, 1.807) is 43.6 Å². The van der Waals surface area contributed by atoms with Crippen molar-refractivity contribution in [1.82, 2.24) is 9.71 Å². The number of halogens is 1. The third-order valence-corrected chi connectivity index (χ3v) is 4.68. The fourth-order valence-electron chi connectivity index (χ4n) is 1.64. The van der Waals surface area contributed by atoms with Gasteiger partial charge >= 0.3 is 0 Å². The van der Waals surface area contributed by atoms with Crippen molar-refractivity contribution in [3.8, 4) is 0 Å². The summed E-state index contributed by atoms with van der Waals surface area (Å²) in [6.45, 7) is 1.90. The van der Waals surface area contributed by atoms with Crippen LogP contribution >= 0.6 is 11.6 Å². The topological polar surface area (TPSA) is 59.1 Å². The molecule has 2 rings (SSSR count). The second-order valence-electron chi connectivity index (χ2n) is 4.04. The standard InChI is InChI=1S/C13H13ClN2O2S/c1-10-12(14)3-2-4-13(10)19(17,18)16-9-11-5-7-15-8-6-11/h2-8,16H,9H2,1H3. The molecule has 2 aromatic rings. The Morgan fingerprint density at radius 3 is 2.58 bits per heavy atom. The van der Waals surface area contributed by atoms with Crippen LogP contribution in [0.25, 0.3) is 0 Å². The molecule has 0 atom stereocenters. The molecule has 0 aliphatic heterocycles. The van der Waals surface area contributed by atoms with Crippen molar-refractivity contribution in [2.24, 2.45) is 0 Å². The predicted octanol–water partition coefficient (Wildman–Crippen LogP) is 2.52. The molecule has 0 spiro atoms. The van der Waals surface area contributed by atoms with Gasteiger partial charge in [0, 0.05) is 24.0 Å². The SMILES string of the molecule is Cc1c(Cl)cccc1S(=O)(=O)NCc1ccncc1.